The van der Waals surface area contributed by atoms with E-state index in [2.05, 4.69) is 6.08 Å². The minimum absolute atomic E-state index is 0.0509. The van der Waals surface area contributed by atoms with Crippen molar-refractivity contribution in [1.29, 1.82) is 0 Å². The summed E-state index contributed by atoms with van der Waals surface area (Å²) in [7, 11) is 0. The zero-order valence-corrected chi connectivity index (χ0v) is 15.2. The highest BCUT2D eigenvalue weighted by Crippen LogP contribution is 2.13. The summed E-state index contributed by atoms with van der Waals surface area (Å²) in [6, 6.07) is 0. The highest BCUT2D eigenvalue weighted by atomic mass is 16.3. The fourth-order valence-electron chi connectivity index (χ4n) is 2.28. The summed E-state index contributed by atoms with van der Waals surface area (Å²) in [6.07, 6.45) is 12.8. The Morgan fingerprint density at radius 3 is 1.54 bits per heavy atom. The van der Waals surface area contributed by atoms with Crippen molar-refractivity contribution in [3.05, 3.63) is 46.6 Å². The first-order valence-electron chi connectivity index (χ1n) is 8.67. The topological polar surface area (TPSA) is 80.9 Å². The molecule has 0 aromatic rings. The largest absolute Gasteiger partial charge is 0.392 e. The van der Waals surface area contributed by atoms with Gasteiger partial charge in [-0.2, -0.15) is 0 Å². The standard InChI is InChI=1S/C20H34O4/c1-17(12-13-21)6-3-8-19(15-23)10-5-11-20(16-24)9-4-7-18(2)14-22/h7-8,11-12,21-24H,3-6,9-10,13-16H2,1-2H3. The molecular weight excluding hydrogens is 304 g/mol. The highest BCUT2D eigenvalue weighted by Gasteiger charge is 1.98. The van der Waals surface area contributed by atoms with Crippen LogP contribution in [0.5, 0.6) is 0 Å². The van der Waals surface area contributed by atoms with Crippen LogP contribution in [-0.2, 0) is 0 Å². The van der Waals surface area contributed by atoms with Gasteiger partial charge in [-0.1, -0.05) is 35.5 Å². The number of allylic oxidation sites excluding steroid dienone is 4. The molecule has 0 atom stereocenters. The zero-order chi connectivity index (χ0) is 18.2. The molecule has 138 valence electrons. The minimum atomic E-state index is 0.0509. The first kappa shape index (κ1) is 22.8. The van der Waals surface area contributed by atoms with E-state index >= 15 is 0 Å². The second-order valence-corrected chi connectivity index (χ2v) is 6.10. The molecule has 0 rings (SSSR count). The molecule has 0 aliphatic heterocycles. The Kier molecular flexibility index (Phi) is 14.6. The van der Waals surface area contributed by atoms with Gasteiger partial charge in [-0.05, 0) is 63.5 Å². The van der Waals surface area contributed by atoms with Crippen LogP contribution in [-0.4, -0.2) is 46.9 Å². The fraction of sp³-hybridized carbons (Fsp3) is 0.600. The molecule has 0 aromatic carbocycles. The van der Waals surface area contributed by atoms with Crippen molar-refractivity contribution in [2.75, 3.05) is 26.4 Å². The van der Waals surface area contributed by atoms with E-state index in [0.717, 1.165) is 60.8 Å². The van der Waals surface area contributed by atoms with Crippen molar-refractivity contribution in [2.45, 2.75) is 52.4 Å². The van der Waals surface area contributed by atoms with Crippen LogP contribution in [0.25, 0.3) is 0 Å². The molecule has 0 bridgehead atoms. The SMILES string of the molecule is CC(=CCCC(=CCCC(=CCCC(C)=CCO)CO)CO)CO. The van der Waals surface area contributed by atoms with E-state index in [1.54, 1.807) is 6.08 Å². The molecule has 0 saturated heterocycles. The molecule has 0 unspecified atom stereocenters. The summed E-state index contributed by atoms with van der Waals surface area (Å²) in [5.74, 6) is 0. The van der Waals surface area contributed by atoms with Crippen LogP contribution in [0.3, 0.4) is 0 Å². The second-order valence-electron chi connectivity index (χ2n) is 6.10. The highest BCUT2D eigenvalue weighted by molar-refractivity contribution is 5.10. The molecule has 4 heteroatoms. The Labute approximate surface area is 146 Å². The number of aliphatic hydroxyl groups is 4. The molecule has 0 aliphatic rings. The van der Waals surface area contributed by atoms with E-state index in [1.807, 2.05) is 26.0 Å². The van der Waals surface area contributed by atoms with E-state index < -0.39 is 0 Å². The van der Waals surface area contributed by atoms with Crippen LogP contribution >= 0.6 is 0 Å². The van der Waals surface area contributed by atoms with Crippen molar-refractivity contribution in [2.24, 2.45) is 0 Å². The third-order valence-electron chi connectivity index (χ3n) is 3.92. The number of rotatable bonds is 13. The lowest BCUT2D eigenvalue weighted by Crippen LogP contribution is -1.94. The third-order valence-corrected chi connectivity index (χ3v) is 3.92. The molecular formula is C20H34O4. The van der Waals surface area contributed by atoms with E-state index in [4.69, 9.17) is 10.2 Å². The van der Waals surface area contributed by atoms with E-state index in [-0.39, 0.29) is 26.4 Å². The monoisotopic (exact) mass is 338 g/mol. The summed E-state index contributed by atoms with van der Waals surface area (Å²) in [5, 5.41) is 36.6. The van der Waals surface area contributed by atoms with Gasteiger partial charge >= 0.3 is 0 Å². The Hall–Kier alpha value is -1.20. The number of hydrogen-bond acceptors (Lipinski definition) is 4. The number of aliphatic hydroxyl groups excluding tert-OH is 4. The van der Waals surface area contributed by atoms with Crippen LogP contribution < -0.4 is 0 Å². The first-order valence-corrected chi connectivity index (χ1v) is 8.67. The van der Waals surface area contributed by atoms with Gasteiger partial charge in [0.15, 0.2) is 0 Å². The van der Waals surface area contributed by atoms with Crippen LogP contribution in [0.4, 0.5) is 0 Å². The third kappa shape index (κ3) is 12.3. The maximum atomic E-state index is 9.42. The summed E-state index contributed by atoms with van der Waals surface area (Å²) in [4.78, 5) is 0. The molecule has 0 heterocycles. The van der Waals surface area contributed by atoms with Gasteiger partial charge in [-0.15, -0.1) is 0 Å². The predicted molar refractivity (Wildman–Crippen MR) is 99.7 cm³/mol. The van der Waals surface area contributed by atoms with Gasteiger partial charge in [0.1, 0.15) is 0 Å². The van der Waals surface area contributed by atoms with Gasteiger partial charge in [-0.3, -0.25) is 0 Å². The van der Waals surface area contributed by atoms with Crippen molar-refractivity contribution in [3.63, 3.8) is 0 Å². The predicted octanol–water partition coefficient (Wildman–Crippen LogP) is 3.04. The maximum Gasteiger partial charge on any atom is 0.0641 e. The Bertz CT molecular complexity index is 445. The van der Waals surface area contributed by atoms with Crippen LogP contribution in [0.15, 0.2) is 46.6 Å². The fourth-order valence-corrected chi connectivity index (χ4v) is 2.28. The lowest BCUT2D eigenvalue weighted by molar-refractivity contribution is 0.323. The van der Waals surface area contributed by atoms with Gasteiger partial charge in [-0.25, -0.2) is 0 Å². The molecule has 4 N–H and O–H groups in total. The smallest absolute Gasteiger partial charge is 0.0641 e. The molecule has 4 nitrogen and oxygen atoms in total. The van der Waals surface area contributed by atoms with Crippen LogP contribution in [0, 0.1) is 0 Å². The lowest BCUT2D eigenvalue weighted by Gasteiger charge is -2.06. The first-order chi connectivity index (χ1) is 11.6. The van der Waals surface area contributed by atoms with Gasteiger partial charge in [0.2, 0.25) is 0 Å². The molecule has 0 aliphatic carbocycles. The zero-order valence-electron chi connectivity index (χ0n) is 15.2. The lowest BCUT2D eigenvalue weighted by atomic mass is 10.0. The molecule has 0 fully saturated rings. The molecule has 0 amide bonds. The van der Waals surface area contributed by atoms with Gasteiger partial charge in [0.25, 0.3) is 0 Å². The molecule has 0 radical (unpaired) electrons. The average molecular weight is 338 g/mol. The summed E-state index contributed by atoms with van der Waals surface area (Å²) in [6.45, 7) is 4.14. The van der Waals surface area contributed by atoms with E-state index in [9.17, 15) is 10.2 Å². The summed E-state index contributed by atoms with van der Waals surface area (Å²) >= 11 is 0. The molecule has 24 heavy (non-hydrogen) atoms. The molecule has 0 aromatic heterocycles. The average Bonchev–Trinajstić information content (AvgIpc) is 2.58. The van der Waals surface area contributed by atoms with E-state index in [0.29, 0.717) is 0 Å². The second kappa shape index (κ2) is 15.3. The van der Waals surface area contributed by atoms with Crippen molar-refractivity contribution in [1.82, 2.24) is 0 Å². The number of hydrogen-bond donors (Lipinski definition) is 4. The quantitative estimate of drug-likeness (QED) is 0.389. The van der Waals surface area contributed by atoms with Gasteiger partial charge < -0.3 is 20.4 Å². The van der Waals surface area contributed by atoms with Crippen LogP contribution in [0.1, 0.15) is 52.4 Å². The molecule has 0 spiro atoms. The minimum Gasteiger partial charge on any atom is -0.392 e. The van der Waals surface area contributed by atoms with Gasteiger partial charge in [0, 0.05) is 0 Å². The summed E-state index contributed by atoms with van der Waals surface area (Å²) in [5.41, 5.74) is 4.11. The normalized spacial score (nSPS) is 14.4. The van der Waals surface area contributed by atoms with Crippen molar-refractivity contribution < 1.29 is 20.4 Å². The van der Waals surface area contributed by atoms with Gasteiger partial charge in [0.05, 0.1) is 26.4 Å². The summed E-state index contributed by atoms with van der Waals surface area (Å²) < 4.78 is 0. The maximum absolute atomic E-state index is 9.42. The van der Waals surface area contributed by atoms with Crippen molar-refractivity contribution in [3.8, 4) is 0 Å². The van der Waals surface area contributed by atoms with Crippen molar-refractivity contribution >= 4 is 0 Å². The Morgan fingerprint density at radius 1 is 0.583 bits per heavy atom. The Balaban J connectivity index is 4.31. The Morgan fingerprint density at radius 2 is 1.08 bits per heavy atom. The van der Waals surface area contributed by atoms with Crippen LogP contribution in [0.2, 0.25) is 0 Å². The molecule has 0 saturated carbocycles. The van der Waals surface area contributed by atoms with E-state index in [1.165, 1.54) is 0 Å².